The Morgan fingerprint density at radius 2 is 1.84 bits per heavy atom. The van der Waals surface area contributed by atoms with Crippen LogP contribution in [0.15, 0.2) is 71.3 Å². The number of H-pyrrole nitrogens is 1. The summed E-state index contributed by atoms with van der Waals surface area (Å²) in [6, 6.07) is 19.0. The van der Waals surface area contributed by atoms with Gasteiger partial charge in [0.2, 0.25) is 11.8 Å². The molecule has 2 aromatic carbocycles. The molecule has 1 saturated carbocycles. The molecule has 7 heteroatoms. The Morgan fingerprint density at radius 3 is 2.54 bits per heavy atom. The number of benzene rings is 2. The van der Waals surface area contributed by atoms with E-state index in [1.807, 2.05) is 12.1 Å². The number of hydrogen-bond donors (Lipinski definition) is 2. The number of aromatic amines is 1. The number of rotatable bonds is 9. The number of aromatic nitrogens is 1. The maximum atomic E-state index is 13.6. The second-order valence-corrected chi connectivity index (χ2v) is 10.4. The number of aryl methyl sites for hydroxylation is 1. The normalized spacial score (nSPS) is 17.9. The molecule has 0 saturated heterocycles. The summed E-state index contributed by atoms with van der Waals surface area (Å²) < 4.78 is 10.7. The minimum Gasteiger partial charge on any atom is -0.497 e. The van der Waals surface area contributed by atoms with Crippen molar-refractivity contribution in [3.63, 3.8) is 0 Å². The molecule has 2 N–H and O–H groups in total. The predicted molar refractivity (Wildman–Crippen MR) is 143 cm³/mol. The molecule has 5 rings (SSSR count). The maximum Gasteiger partial charge on any atom is 0.244 e. The first kappa shape index (κ1) is 24.7. The zero-order valence-electron chi connectivity index (χ0n) is 21.7. The highest BCUT2D eigenvalue weighted by atomic mass is 16.5. The molecule has 4 aromatic rings. The first-order valence-electron chi connectivity index (χ1n) is 12.6. The van der Waals surface area contributed by atoms with Crippen molar-refractivity contribution in [3.8, 4) is 5.75 Å². The summed E-state index contributed by atoms with van der Waals surface area (Å²) in [5.74, 6) is 1.49. The molecule has 2 amide bonds. The third-order valence-electron chi connectivity index (χ3n) is 7.69. The topological polar surface area (TPSA) is 87.6 Å². The average molecular weight is 500 g/mol. The number of hydrogen-bond acceptors (Lipinski definition) is 4. The zero-order valence-corrected chi connectivity index (χ0v) is 21.7. The lowest BCUT2D eigenvalue weighted by Gasteiger charge is -2.22. The van der Waals surface area contributed by atoms with Crippen LogP contribution in [0.2, 0.25) is 0 Å². The molecule has 1 aliphatic carbocycles. The van der Waals surface area contributed by atoms with Gasteiger partial charge in [0.05, 0.1) is 19.9 Å². The van der Waals surface area contributed by atoms with Crippen LogP contribution in [0.1, 0.15) is 43.2 Å². The number of para-hydroxylation sites is 1. The summed E-state index contributed by atoms with van der Waals surface area (Å²) in [5.41, 5.74) is 4.20. The second-order valence-electron chi connectivity index (χ2n) is 10.4. The highest BCUT2D eigenvalue weighted by Gasteiger charge is 2.59. The maximum absolute atomic E-state index is 13.6. The SMILES string of the molecule is COc1ccc(NC(=O)CN(Cc2ccco2)C(=O)C[C@H]2[C@@H](c3c(C)[nH]c4ccccc34)C2(C)C)cc1. The summed E-state index contributed by atoms with van der Waals surface area (Å²) >= 11 is 0. The molecule has 1 fully saturated rings. The van der Waals surface area contributed by atoms with Gasteiger partial charge in [-0.15, -0.1) is 0 Å². The number of fused-ring (bicyclic) bond motifs is 1. The fourth-order valence-electron chi connectivity index (χ4n) is 5.59. The van der Waals surface area contributed by atoms with E-state index in [2.05, 4.69) is 49.3 Å². The molecule has 0 spiro atoms. The van der Waals surface area contributed by atoms with Gasteiger partial charge in [0.25, 0.3) is 0 Å². The zero-order chi connectivity index (χ0) is 26.2. The van der Waals surface area contributed by atoms with E-state index in [0.29, 0.717) is 23.6 Å². The lowest BCUT2D eigenvalue weighted by atomic mass is 10.0. The largest absolute Gasteiger partial charge is 0.497 e. The Labute approximate surface area is 216 Å². The average Bonchev–Trinajstić information content (AvgIpc) is 3.25. The minimum atomic E-state index is -0.260. The molecule has 0 unspecified atom stereocenters. The molecule has 0 radical (unpaired) electrons. The van der Waals surface area contributed by atoms with E-state index in [9.17, 15) is 9.59 Å². The van der Waals surface area contributed by atoms with Crippen molar-refractivity contribution in [2.24, 2.45) is 11.3 Å². The monoisotopic (exact) mass is 499 g/mol. The summed E-state index contributed by atoms with van der Waals surface area (Å²) in [6.07, 6.45) is 1.95. The van der Waals surface area contributed by atoms with Gasteiger partial charge >= 0.3 is 0 Å². The van der Waals surface area contributed by atoms with Crippen LogP contribution in [0.25, 0.3) is 10.9 Å². The van der Waals surface area contributed by atoms with Crippen molar-refractivity contribution in [3.05, 3.63) is 83.9 Å². The van der Waals surface area contributed by atoms with Crippen molar-refractivity contribution in [1.82, 2.24) is 9.88 Å². The number of ether oxygens (including phenoxy) is 1. The van der Waals surface area contributed by atoms with Crippen LogP contribution < -0.4 is 10.1 Å². The number of amides is 2. The van der Waals surface area contributed by atoms with Gasteiger partial charge in [0.1, 0.15) is 18.1 Å². The molecule has 0 aliphatic heterocycles. The molecular formula is C30H33N3O4. The van der Waals surface area contributed by atoms with Crippen molar-refractivity contribution >= 4 is 28.4 Å². The van der Waals surface area contributed by atoms with E-state index in [1.54, 1.807) is 48.6 Å². The molecule has 1 aliphatic rings. The van der Waals surface area contributed by atoms with Crippen LogP contribution in [0, 0.1) is 18.3 Å². The Bertz CT molecular complexity index is 1400. The van der Waals surface area contributed by atoms with E-state index >= 15 is 0 Å². The minimum absolute atomic E-state index is 0.0207. The Hall–Kier alpha value is -4.00. The number of anilines is 1. The van der Waals surface area contributed by atoms with E-state index < -0.39 is 0 Å². The standard InChI is InChI=1S/C30H33N3O4/c1-19-28(23-9-5-6-10-25(23)31-19)29-24(30(29,2)3)16-27(35)33(17-22-8-7-15-37-22)18-26(34)32-20-11-13-21(36-4)14-12-20/h5-15,24,29,31H,16-18H2,1-4H3,(H,32,34)/t24-,29-/m0/s1. The Balaban J connectivity index is 1.31. The summed E-state index contributed by atoms with van der Waals surface area (Å²) in [7, 11) is 1.59. The molecule has 37 heavy (non-hydrogen) atoms. The summed E-state index contributed by atoms with van der Waals surface area (Å²) in [6.45, 7) is 6.74. The fraction of sp³-hybridized carbons (Fsp3) is 0.333. The second kappa shape index (κ2) is 9.81. The molecule has 2 atom stereocenters. The number of carbonyl (C=O) groups is 2. The van der Waals surface area contributed by atoms with Crippen molar-refractivity contribution in [1.29, 1.82) is 0 Å². The van der Waals surface area contributed by atoms with E-state index in [4.69, 9.17) is 9.15 Å². The van der Waals surface area contributed by atoms with Gasteiger partial charge < -0.3 is 24.4 Å². The number of furan rings is 1. The Kier molecular flexibility index (Phi) is 6.54. The highest BCUT2D eigenvalue weighted by molar-refractivity contribution is 5.94. The molecule has 2 heterocycles. The lowest BCUT2D eigenvalue weighted by Crippen LogP contribution is -2.37. The predicted octanol–water partition coefficient (Wildman–Crippen LogP) is 5.88. The number of nitrogens with zero attached hydrogens (tertiary/aromatic N) is 1. The molecule has 7 nitrogen and oxygen atoms in total. The van der Waals surface area contributed by atoms with Gasteiger partial charge in [-0.05, 0) is 72.2 Å². The van der Waals surface area contributed by atoms with Crippen molar-refractivity contribution in [2.75, 3.05) is 19.0 Å². The number of carbonyl (C=O) groups excluding carboxylic acids is 2. The van der Waals surface area contributed by atoms with Gasteiger partial charge in [0, 0.05) is 28.7 Å². The van der Waals surface area contributed by atoms with Crippen LogP contribution in [0.4, 0.5) is 5.69 Å². The van der Waals surface area contributed by atoms with Crippen molar-refractivity contribution < 1.29 is 18.7 Å². The quantitative estimate of drug-likeness (QED) is 0.301. The molecule has 192 valence electrons. The van der Waals surface area contributed by atoms with Crippen LogP contribution in [-0.4, -0.2) is 35.4 Å². The lowest BCUT2D eigenvalue weighted by molar-refractivity contribution is -0.136. The van der Waals surface area contributed by atoms with Gasteiger partial charge in [-0.25, -0.2) is 0 Å². The summed E-state index contributed by atoms with van der Waals surface area (Å²) in [4.78, 5) is 31.6. The third-order valence-corrected chi connectivity index (χ3v) is 7.69. The van der Waals surface area contributed by atoms with Gasteiger partial charge in [-0.3, -0.25) is 9.59 Å². The Morgan fingerprint density at radius 1 is 1.08 bits per heavy atom. The van der Waals surface area contributed by atoms with Gasteiger partial charge in [0.15, 0.2) is 0 Å². The van der Waals surface area contributed by atoms with Gasteiger partial charge in [-0.1, -0.05) is 32.0 Å². The first-order valence-corrected chi connectivity index (χ1v) is 12.6. The van der Waals surface area contributed by atoms with Crippen LogP contribution >= 0.6 is 0 Å². The van der Waals surface area contributed by atoms with Crippen LogP contribution in [0.3, 0.4) is 0 Å². The van der Waals surface area contributed by atoms with E-state index in [1.165, 1.54) is 10.9 Å². The molecule has 0 bridgehead atoms. The molecule has 2 aromatic heterocycles. The smallest absolute Gasteiger partial charge is 0.244 e. The first-order chi connectivity index (χ1) is 17.8. The molecular weight excluding hydrogens is 466 g/mol. The van der Waals surface area contributed by atoms with Crippen molar-refractivity contribution in [2.45, 2.75) is 39.7 Å². The van der Waals surface area contributed by atoms with Crippen LogP contribution in [0.5, 0.6) is 5.75 Å². The highest BCUT2D eigenvalue weighted by Crippen LogP contribution is 2.67. The van der Waals surface area contributed by atoms with E-state index in [0.717, 1.165) is 11.2 Å². The fourth-order valence-corrected chi connectivity index (χ4v) is 5.59. The number of nitrogens with one attached hydrogen (secondary N) is 2. The number of methoxy groups -OCH3 is 1. The van der Waals surface area contributed by atoms with Gasteiger partial charge in [-0.2, -0.15) is 0 Å². The summed E-state index contributed by atoms with van der Waals surface area (Å²) in [5, 5.41) is 4.10. The third kappa shape index (κ3) is 4.99. The van der Waals surface area contributed by atoms with E-state index in [-0.39, 0.29) is 42.2 Å². The van der Waals surface area contributed by atoms with Crippen LogP contribution in [-0.2, 0) is 16.1 Å².